The minimum atomic E-state index is -0.523. The maximum atomic E-state index is 12.1. The average molecular weight is 354 g/mol. The summed E-state index contributed by atoms with van der Waals surface area (Å²) in [6.45, 7) is 3.79. The predicted molar refractivity (Wildman–Crippen MR) is 98.6 cm³/mol. The van der Waals surface area contributed by atoms with Gasteiger partial charge in [-0.05, 0) is 31.5 Å². The van der Waals surface area contributed by atoms with Gasteiger partial charge in [0.25, 0.3) is 0 Å². The van der Waals surface area contributed by atoms with Gasteiger partial charge >= 0.3 is 5.97 Å². The van der Waals surface area contributed by atoms with E-state index < -0.39 is 17.8 Å². The van der Waals surface area contributed by atoms with E-state index in [1.54, 1.807) is 31.2 Å². The lowest BCUT2D eigenvalue weighted by atomic mass is 10.1. The summed E-state index contributed by atoms with van der Waals surface area (Å²) in [4.78, 5) is 36.2. The highest BCUT2D eigenvalue weighted by Crippen LogP contribution is 2.17. The van der Waals surface area contributed by atoms with Crippen LogP contribution in [-0.4, -0.2) is 24.4 Å². The normalized spacial score (nSPS) is 11.3. The van der Waals surface area contributed by atoms with Crippen LogP contribution in [0.5, 0.6) is 0 Å². The fourth-order valence-corrected chi connectivity index (χ4v) is 2.44. The number of hydrogen-bond acceptors (Lipinski definition) is 4. The molecule has 2 rings (SSSR count). The van der Waals surface area contributed by atoms with Gasteiger partial charge < -0.3 is 15.4 Å². The zero-order valence-corrected chi connectivity index (χ0v) is 14.8. The van der Waals surface area contributed by atoms with E-state index in [1.165, 1.54) is 0 Å². The van der Waals surface area contributed by atoms with E-state index in [1.807, 2.05) is 37.3 Å². The molecule has 2 aromatic carbocycles. The molecular formula is C20H22N2O4. The summed E-state index contributed by atoms with van der Waals surface area (Å²) in [6.07, 6.45) is -0.339. The van der Waals surface area contributed by atoms with E-state index in [0.717, 1.165) is 5.56 Å². The molecule has 0 radical (unpaired) electrons. The Kier molecular flexibility index (Phi) is 6.91. The highest BCUT2D eigenvalue weighted by Gasteiger charge is 2.17. The van der Waals surface area contributed by atoms with Crippen molar-refractivity contribution in [3.63, 3.8) is 0 Å². The Morgan fingerprint density at radius 1 is 0.962 bits per heavy atom. The second-order valence-corrected chi connectivity index (χ2v) is 5.69. The van der Waals surface area contributed by atoms with Crippen molar-refractivity contribution >= 4 is 23.5 Å². The summed E-state index contributed by atoms with van der Waals surface area (Å²) >= 11 is 0. The molecule has 1 unspecified atom stereocenters. The van der Waals surface area contributed by atoms with Crippen molar-refractivity contribution in [3.8, 4) is 0 Å². The predicted octanol–water partition coefficient (Wildman–Crippen LogP) is 3.07. The number of benzene rings is 2. The van der Waals surface area contributed by atoms with Crippen LogP contribution in [0.4, 0.5) is 5.69 Å². The maximum absolute atomic E-state index is 12.1. The molecule has 6 heteroatoms. The van der Waals surface area contributed by atoms with Crippen LogP contribution in [-0.2, 0) is 14.3 Å². The minimum Gasteiger partial charge on any atom is -0.462 e. The summed E-state index contributed by atoms with van der Waals surface area (Å²) in [7, 11) is 0. The third-order valence-electron chi connectivity index (χ3n) is 3.69. The van der Waals surface area contributed by atoms with Crippen molar-refractivity contribution in [1.82, 2.24) is 5.32 Å². The molecule has 2 amide bonds. The number of hydrogen-bond donors (Lipinski definition) is 2. The van der Waals surface area contributed by atoms with Crippen molar-refractivity contribution in [2.75, 3.05) is 11.9 Å². The summed E-state index contributed by atoms with van der Waals surface area (Å²) in [5.41, 5.74) is 1.52. The molecule has 0 aliphatic rings. The van der Waals surface area contributed by atoms with Gasteiger partial charge in [0, 0.05) is 0 Å². The highest BCUT2D eigenvalue weighted by atomic mass is 16.5. The first-order valence-corrected chi connectivity index (χ1v) is 8.41. The number of esters is 1. The Hall–Kier alpha value is -3.15. The van der Waals surface area contributed by atoms with Gasteiger partial charge in [-0.3, -0.25) is 9.59 Å². The first-order valence-electron chi connectivity index (χ1n) is 8.41. The minimum absolute atomic E-state index is 0.205. The van der Waals surface area contributed by atoms with Crippen molar-refractivity contribution in [2.24, 2.45) is 0 Å². The van der Waals surface area contributed by atoms with Crippen LogP contribution < -0.4 is 10.6 Å². The molecule has 6 nitrogen and oxygen atoms in total. The van der Waals surface area contributed by atoms with E-state index in [-0.39, 0.29) is 24.6 Å². The van der Waals surface area contributed by atoms with Crippen molar-refractivity contribution < 1.29 is 19.1 Å². The van der Waals surface area contributed by atoms with Gasteiger partial charge in [-0.2, -0.15) is 0 Å². The van der Waals surface area contributed by atoms with Gasteiger partial charge in [0.2, 0.25) is 11.8 Å². The van der Waals surface area contributed by atoms with E-state index in [4.69, 9.17) is 4.74 Å². The van der Waals surface area contributed by atoms with Crippen LogP contribution in [0.1, 0.15) is 42.2 Å². The van der Waals surface area contributed by atoms with Gasteiger partial charge in [-0.1, -0.05) is 42.5 Å². The fourth-order valence-electron chi connectivity index (χ4n) is 2.44. The molecular weight excluding hydrogens is 332 g/mol. The number of ether oxygens (including phenoxy) is 1. The third-order valence-corrected chi connectivity index (χ3v) is 3.69. The number of para-hydroxylation sites is 1. The van der Waals surface area contributed by atoms with Crippen molar-refractivity contribution in [1.29, 1.82) is 0 Å². The molecule has 0 bridgehead atoms. The molecule has 0 fully saturated rings. The lowest BCUT2D eigenvalue weighted by Crippen LogP contribution is -2.30. The van der Waals surface area contributed by atoms with Crippen LogP contribution in [0.3, 0.4) is 0 Å². The van der Waals surface area contributed by atoms with Crippen molar-refractivity contribution in [3.05, 3.63) is 65.7 Å². The zero-order chi connectivity index (χ0) is 18.9. The Balaban J connectivity index is 1.94. The number of carbonyl (C=O) groups excluding carboxylic acids is 3. The van der Waals surface area contributed by atoms with E-state index >= 15 is 0 Å². The number of anilines is 1. The lowest BCUT2D eigenvalue weighted by molar-refractivity contribution is -0.127. The topological polar surface area (TPSA) is 84.5 Å². The molecule has 0 aliphatic carbocycles. The third kappa shape index (κ3) is 5.44. The lowest BCUT2D eigenvalue weighted by Gasteiger charge is -2.14. The van der Waals surface area contributed by atoms with Crippen molar-refractivity contribution in [2.45, 2.75) is 26.3 Å². The van der Waals surface area contributed by atoms with E-state index in [2.05, 4.69) is 10.6 Å². The summed E-state index contributed by atoms with van der Waals surface area (Å²) in [5.74, 6) is -1.42. The van der Waals surface area contributed by atoms with Gasteiger partial charge in [0.15, 0.2) is 0 Å². The molecule has 0 aromatic heterocycles. The number of rotatable bonds is 7. The monoisotopic (exact) mass is 354 g/mol. The Labute approximate surface area is 152 Å². The molecule has 2 N–H and O–H groups in total. The van der Waals surface area contributed by atoms with Crippen LogP contribution in [0.2, 0.25) is 0 Å². The number of nitrogens with one attached hydrogen (secondary N) is 2. The molecule has 1 atom stereocenters. The van der Waals surface area contributed by atoms with Gasteiger partial charge in [0.1, 0.15) is 6.42 Å². The van der Waals surface area contributed by atoms with Gasteiger partial charge in [-0.25, -0.2) is 4.79 Å². The standard InChI is InChI=1S/C20H22N2O4/c1-3-26-20(25)16-11-7-8-12-17(16)22-19(24)13-18(23)21-14(2)15-9-5-4-6-10-15/h4-12,14H,3,13H2,1-2H3,(H,21,23)(H,22,24). The molecule has 136 valence electrons. The zero-order valence-electron chi connectivity index (χ0n) is 14.8. The summed E-state index contributed by atoms with van der Waals surface area (Å²) in [5, 5.41) is 5.37. The number of carbonyl (C=O) groups is 3. The highest BCUT2D eigenvalue weighted by molar-refractivity contribution is 6.06. The summed E-state index contributed by atoms with van der Waals surface area (Å²) < 4.78 is 4.96. The molecule has 0 spiro atoms. The largest absolute Gasteiger partial charge is 0.462 e. The molecule has 0 heterocycles. The van der Waals surface area contributed by atoms with Crippen LogP contribution in [0.25, 0.3) is 0 Å². The Bertz CT molecular complexity index is 774. The number of amides is 2. The first-order chi connectivity index (χ1) is 12.5. The van der Waals surface area contributed by atoms with Gasteiger partial charge in [-0.15, -0.1) is 0 Å². The second kappa shape index (κ2) is 9.36. The maximum Gasteiger partial charge on any atom is 0.340 e. The summed E-state index contributed by atoms with van der Waals surface area (Å²) in [6, 6.07) is 15.8. The average Bonchev–Trinajstić information content (AvgIpc) is 2.62. The smallest absolute Gasteiger partial charge is 0.340 e. The molecule has 2 aromatic rings. The molecule has 26 heavy (non-hydrogen) atoms. The molecule has 0 saturated heterocycles. The van der Waals surface area contributed by atoms with Crippen LogP contribution in [0, 0.1) is 0 Å². The molecule has 0 aliphatic heterocycles. The van der Waals surface area contributed by atoms with Crippen LogP contribution in [0.15, 0.2) is 54.6 Å². The van der Waals surface area contributed by atoms with E-state index in [0.29, 0.717) is 5.69 Å². The fraction of sp³-hybridized carbons (Fsp3) is 0.250. The first kappa shape index (κ1) is 19.2. The second-order valence-electron chi connectivity index (χ2n) is 5.69. The van der Waals surface area contributed by atoms with Crippen LogP contribution >= 0.6 is 0 Å². The Morgan fingerprint density at radius 3 is 2.31 bits per heavy atom. The quantitative estimate of drug-likeness (QED) is 0.591. The Morgan fingerprint density at radius 2 is 1.62 bits per heavy atom. The van der Waals surface area contributed by atoms with E-state index in [9.17, 15) is 14.4 Å². The SMILES string of the molecule is CCOC(=O)c1ccccc1NC(=O)CC(=O)NC(C)c1ccccc1. The molecule has 0 saturated carbocycles. The van der Waals surface area contributed by atoms with Gasteiger partial charge in [0.05, 0.1) is 23.9 Å².